The summed E-state index contributed by atoms with van der Waals surface area (Å²) in [5.74, 6) is 1.09. The van der Waals surface area contributed by atoms with Crippen LogP contribution in [0.3, 0.4) is 0 Å². The van der Waals surface area contributed by atoms with Crippen molar-refractivity contribution in [2.45, 2.75) is 26.7 Å². The number of para-hydroxylation sites is 1. The van der Waals surface area contributed by atoms with E-state index >= 15 is 0 Å². The lowest BCUT2D eigenvalue weighted by Crippen LogP contribution is -2.40. The van der Waals surface area contributed by atoms with Crippen LogP contribution in [0.1, 0.15) is 29.8 Å². The van der Waals surface area contributed by atoms with Gasteiger partial charge in [0.15, 0.2) is 11.5 Å². The Kier molecular flexibility index (Phi) is 6.27. The minimum Gasteiger partial charge on any atom is -0.454 e. The van der Waals surface area contributed by atoms with Crippen LogP contribution in [0.25, 0.3) is 11.8 Å². The van der Waals surface area contributed by atoms with E-state index in [2.05, 4.69) is 10.4 Å². The minimum atomic E-state index is -0.137. The SMILES string of the molecule is Cc1nn(-c2ccccc2)c(C)c1C=CC(=O)N1CCC(C(=O)Nc2ccc3c(c2)OCO3)CC1. The molecule has 1 fully saturated rings. The van der Waals surface area contributed by atoms with Crippen LogP contribution in [-0.2, 0) is 9.59 Å². The number of amides is 2. The van der Waals surface area contributed by atoms with Gasteiger partial charge in [-0.1, -0.05) is 18.2 Å². The van der Waals surface area contributed by atoms with E-state index in [1.54, 1.807) is 29.2 Å². The third kappa shape index (κ3) is 4.77. The first kappa shape index (κ1) is 22.7. The number of carbonyl (C=O) groups excluding carboxylic acids is 2. The summed E-state index contributed by atoms with van der Waals surface area (Å²) in [6, 6.07) is 15.3. The topological polar surface area (TPSA) is 85.7 Å². The highest BCUT2D eigenvalue weighted by atomic mass is 16.7. The maximum absolute atomic E-state index is 12.8. The second-order valence-electron chi connectivity index (χ2n) is 8.82. The van der Waals surface area contributed by atoms with Crippen molar-refractivity contribution >= 4 is 23.6 Å². The first-order valence-electron chi connectivity index (χ1n) is 11.8. The van der Waals surface area contributed by atoms with Gasteiger partial charge in [0.2, 0.25) is 18.6 Å². The molecule has 0 atom stereocenters. The molecule has 2 aliphatic heterocycles. The maximum Gasteiger partial charge on any atom is 0.246 e. The summed E-state index contributed by atoms with van der Waals surface area (Å²) in [6.07, 6.45) is 4.71. The van der Waals surface area contributed by atoms with Crippen molar-refractivity contribution in [2.75, 3.05) is 25.2 Å². The summed E-state index contributed by atoms with van der Waals surface area (Å²) in [4.78, 5) is 27.4. The van der Waals surface area contributed by atoms with E-state index in [-0.39, 0.29) is 24.5 Å². The molecule has 3 aromatic rings. The van der Waals surface area contributed by atoms with E-state index in [9.17, 15) is 9.59 Å². The van der Waals surface area contributed by atoms with Crippen molar-refractivity contribution in [1.29, 1.82) is 0 Å². The molecule has 8 heteroatoms. The first-order valence-corrected chi connectivity index (χ1v) is 11.8. The number of hydrogen-bond acceptors (Lipinski definition) is 5. The van der Waals surface area contributed by atoms with Crippen molar-refractivity contribution in [3.8, 4) is 17.2 Å². The molecule has 2 aromatic carbocycles. The summed E-state index contributed by atoms with van der Waals surface area (Å²) in [5.41, 5.74) is 4.47. The summed E-state index contributed by atoms with van der Waals surface area (Å²) >= 11 is 0. The zero-order valence-corrected chi connectivity index (χ0v) is 19.9. The summed E-state index contributed by atoms with van der Waals surface area (Å²) in [6.45, 7) is 5.23. The maximum atomic E-state index is 12.8. The number of aromatic nitrogens is 2. The first-order chi connectivity index (χ1) is 17.0. The fourth-order valence-electron chi connectivity index (χ4n) is 4.56. The largest absolute Gasteiger partial charge is 0.454 e. The molecule has 1 saturated heterocycles. The number of likely N-dealkylation sites (tertiary alicyclic amines) is 1. The standard InChI is InChI=1S/C27H28N4O4/c1-18-23(19(2)31(29-18)22-6-4-3-5-7-22)9-11-26(32)30-14-12-20(13-15-30)27(33)28-21-8-10-24-25(16-21)35-17-34-24/h3-11,16,20H,12-15,17H2,1-2H3,(H,28,33). The summed E-state index contributed by atoms with van der Waals surface area (Å²) in [7, 11) is 0. The number of aryl methyl sites for hydroxylation is 1. The molecule has 0 unspecified atom stereocenters. The Bertz CT molecular complexity index is 1270. The molecule has 3 heterocycles. The van der Waals surface area contributed by atoms with Crippen molar-refractivity contribution < 1.29 is 19.1 Å². The van der Waals surface area contributed by atoms with E-state index in [0.717, 1.165) is 22.6 Å². The highest BCUT2D eigenvalue weighted by Crippen LogP contribution is 2.34. The minimum absolute atomic E-state index is 0.0360. The Morgan fingerprint density at radius 3 is 2.54 bits per heavy atom. The van der Waals surface area contributed by atoms with Gasteiger partial charge in [-0.3, -0.25) is 9.59 Å². The van der Waals surface area contributed by atoms with Crippen LogP contribution in [0, 0.1) is 19.8 Å². The van der Waals surface area contributed by atoms with Crippen LogP contribution in [0.2, 0.25) is 0 Å². The van der Waals surface area contributed by atoms with Gasteiger partial charge in [-0.05, 0) is 57.0 Å². The highest BCUT2D eigenvalue weighted by Gasteiger charge is 2.27. The number of ether oxygens (including phenoxy) is 2. The number of benzene rings is 2. The van der Waals surface area contributed by atoms with Gasteiger partial charge in [0, 0.05) is 48.1 Å². The predicted octanol–water partition coefficient (Wildman–Crippen LogP) is 4.11. The van der Waals surface area contributed by atoms with Crippen LogP contribution in [0.15, 0.2) is 54.6 Å². The van der Waals surface area contributed by atoms with Gasteiger partial charge in [-0.25, -0.2) is 4.68 Å². The van der Waals surface area contributed by atoms with Crippen LogP contribution in [-0.4, -0.2) is 46.4 Å². The van der Waals surface area contributed by atoms with Gasteiger partial charge in [0.1, 0.15) is 0 Å². The average Bonchev–Trinajstić information content (AvgIpc) is 3.46. The average molecular weight is 473 g/mol. The molecular weight excluding hydrogens is 444 g/mol. The van der Waals surface area contributed by atoms with E-state index in [0.29, 0.717) is 43.1 Å². The normalized spacial score (nSPS) is 15.5. The molecule has 0 bridgehead atoms. The van der Waals surface area contributed by atoms with Gasteiger partial charge in [0.25, 0.3) is 0 Å². The molecule has 1 N–H and O–H groups in total. The molecule has 0 spiro atoms. The third-order valence-electron chi connectivity index (χ3n) is 6.56. The number of rotatable bonds is 5. The van der Waals surface area contributed by atoms with Crippen molar-refractivity contribution in [3.63, 3.8) is 0 Å². The van der Waals surface area contributed by atoms with E-state index in [1.165, 1.54) is 0 Å². The van der Waals surface area contributed by atoms with Crippen LogP contribution in [0.4, 0.5) is 5.69 Å². The number of anilines is 1. The Labute approximate surface area is 204 Å². The molecule has 35 heavy (non-hydrogen) atoms. The number of nitrogens with zero attached hydrogens (tertiary/aromatic N) is 3. The molecule has 0 radical (unpaired) electrons. The van der Waals surface area contributed by atoms with Crippen molar-refractivity contribution in [3.05, 3.63) is 71.6 Å². The third-order valence-corrected chi connectivity index (χ3v) is 6.56. The lowest BCUT2D eigenvalue weighted by atomic mass is 9.95. The van der Waals surface area contributed by atoms with Crippen LogP contribution >= 0.6 is 0 Å². The van der Waals surface area contributed by atoms with Gasteiger partial charge in [0.05, 0.1) is 11.4 Å². The molecule has 5 rings (SSSR count). The molecular formula is C27H28N4O4. The van der Waals surface area contributed by atoms with Crippen LogP contribution < -0.4 is 14.8 Å². The molecule has 2 amide bonds. The monoisotopic (exact) mass is 472 g/mol. The Hall–Kier alpha value is -4.07. The Morgan fingerprint density at radius 2 is 1.77 bits per heavy atom. The fourth-order valence-corrected chi connectivity index (χ4v) is 4.56. The molecule has 0 saturated carbocycles. The van der Waals surface area contributed by atoms with Crippen molar-refractivity contribution in [1.82, 2.24) is 14.7 Å². The Morgan fingerprint density at radius 1 is 1.03 bits per heavy atom. The second kappa shape index (κ2) is 9.66. The van der Waals surface area contributed by atoms with E-state index in [1.807, 2.05) is 54.9 Å². The van der Waals surface area contributed by atoms with Gasteiger partial charge in [-0.15, -0.1) is 0 Å². The molecule has 2 aliphatic rings. The molecule has 0 aliphatic carbocycles. The second-order valence-corrected chi connectivity index (χ2v) is 8.82. The quantitative estimate of drug-likeness (QED) is 0.565. The lowest BCUT2D eigenvalue weighted by molar-refractivity contribution is -0.130. The fraction of sp³-hybridized carbons (Fsp3) is 0.296. The summed E-state index contributed by atoms with van der Waals surface area (Å²) in [5, 5.41) is 7.59. The van der Waals surface area contributed by atoms with Gasteiger partial charge >= 0.3 is 0 Å². The van der Waals surface area contributed by atoms with Gasteiger partial charge < -0.3 is 19.7 Å². The predicted molar refractivity (Wildman–Crippen MR) is 133 cm³/mol. The van der Waals surface area contributed by atoms with E-state index < -0.39 is 0 Å². The van der Waals surface area contributed by atoms with Gasteiger partial charge in [-0.2, -0.15) is 5.10 Å². The van der Waals surface area contributed by atoms with E-state index in [4.69, 9.17) is 9.47 Å². The number of hydrogen-bond donors (Lipinski definition) is 1. The number of piperidine rings is 1. The summed E-state index contributed by atoms with van der Waals surface area (Å²) < 4.78 is 12.6. The molecule has 8 nitrogen and oxygen atoms in total. The van der Waals surface area contributed by atoms with Crippen molar-refractivity contribution in [2.24, 2.45) is 5.92 Å². The molecule has 1 aromatic heterocycles. The zero-order chi connectivity index (χ0) is 24.4. The number of fused-ring (bicyclic) bond motifs is 1. The zero-order valence-electron chi connectivity index (χ0n) is 19.9. The number of nitrogens with one attached hydrogen (secondary N) is 1. The smallest absolute Gasteiger partial charge is 0.246 e. The van der Waals surface area contributed by atoms with Crippen LogP contribution in [0.5, 0.6) is 11.5 Å². The Balaban J connectivity index is 1.17. The highest BCUT2D eigenvalue weighted by molar-refractivity contribution is 5.94. The lowest BCUT2D eigenvalue weighted by Gasteiger charge is -2.30. The number of carbonyl (C=O) groups is 2. The molecule has 180 valence electrons.